The largest absolute Gasteiger partial charge is 0.493 e. The average molecular weight is 292 g/mol. The van der Waals surface area contributed by atoms with E-state index in [0.717, 1.165) is 29.8 Å². The van der Waals surface area contributed by atoms with E-state index in [1.165, 1.54) is 43.2 Å². The highest BCUT2D eigenvalue weighted by Crippen LogP contribution is 2.33. The van der Waals surface area contributed by atoms with Gasteiger partial charge >= 0.3 is 0 Å². The second-order valence-corrected chi connectivity index (χ2v) is 7.11. The van der Waals surface area contributed by atoms with Gasteiger partial charge < -0.3 is 4.74 Å². The minimum absolute atomic E-state index is 0.243. The van der Waals surface area contributed by atoms with Gasteiger partial charge in [0.2, 0.25) is 0 Å². The summed E-state index contributed by atoms with van der Waals surface area (Å²) in [4.78, 5) is 0. The standard InChI is InChI=1S/C16H24N2OS/c17-18-15(11-20-14-4-2-1-3-5-14)12-6-7-16-13(10-12)8-9-19-16/h6-7,10,14-15,18H,1-5,8-9,11,17H2. The summed E-state index contributed by atoms with van der Waals surface area (Å²) in [5, 5.41) is 0.831. The molecule has 1 heterocycles. The first-order valence-corrected chi connectivity index (χ1v) is 8.75. The topological polar surface area (TPSA) is 47.3 Å². The highest BCUT2D eigenvalue weighted by molar-refractivity contribution is 7.99. The van der Waals surface area contributed by atoms with E-state index in [4.69, 9.17) is 10.6 Å². The Morgan fingerprint density at radius 2 is 2.15 bits per heavy atom. The lowest BCUT2D eigenvalue weighted by atomic mass is 10.0. The van der Waals surface area contributed by atoms with E-state index in [0.29, 0.717) is 0 Å². The number of fused-ring (bicyclic) bond motifs is 1. The number of rotatable bonds is 5. The molecule has 0 saturated heterocycles. The minimum Gasteiger partial charge on any atom is -0.493 e. The maximum Gasteiger partial charge on any atom is 0.122 e. The molecule has 3 rings (SSSR count). The fraction of sp³-hybridized carbons (Fsp3) is 0.625. The molecule has 2 aliphatic rings. The lowest BCUT2D eigenvalue weighted by Crippen LogP contribution is -2.30. The van der Waals surface area contributed by atoms with Gasteiger partial charge in [-0.15, -0.1) is 0 Å². The van der Waals surface area contributed by atoms with Crippen molar-refractivity contribution < 1.29 is 4.74 Å². The number of hydrogen-bond acceptors (Lipinski definition) is 4. The average Bonchev–Trinajstić information content (AvgIpc) is 2.96. The number of benzene rings is 1. The number of nitrogens with one attached hydrogen (secondary N) is 1. The molecule has 1 aliphatic heterocycles. The molecule has 4 heteroatoms. The first-order valence-electron chi connectivity index (χ1n) is 7.70. The van der Waals surface area contributed by atoms with Crippen LogP contribution in [0.2, 0.25) is 0 Å². The van der Waals surface area contributed by atoms with Gasteiger partial charge in [-0.3, -0.25) is 11.3 Å². The second-order valence-electron chi connectivity index (χ2n) is 5.78. The van der Waals surface area contributed by atoms with Crippen LogP contribution >= 0.6 is 11.8 Å². The highest BCUT2D eigenvalue weighted by Gasteiger charge is 2.19. The van der Waals surface area contributed by atoms with Gasteiger partial charge in [0.25, 0.3) is 0 Å². The van der Waals surface area contributed by atoms with Crippen molar-refractivity contribution in [2.75, 3.05) is 12.4 Å². The molecule has 1 aliphatic carbocycles. The van der Waals surface area contributed by atoms with Crippen LogP contribution in [0.15, 0.2) is 18.2 Å². The van der Waals surface area contributed by atoms with Crippen LogP contribution in [0.4, 0.5) is 0 Å². The zero-order valence-electron chi connectivity index (χ0n) is 11.9. The summed E-state index contributed by atoms with van der Waals surface area (Å²) >= 11 is 2.08. The van der Waals surface area contributed by atoms with Crippen molar-refractivity contribution in [3.63, 3.8) is 0 Å². The molecule has 1 unspecified atom stereocenters. The summed E-state index contributed by atoms with van der Waals surface area (Å²) in [6.07, 6.45) is 7.99. The summed E-state index contributed by atoms with van der Waals surface area (Å²) in [6.45, 7) is 0.816. The molecule has 0 bridgehead atoms. The highest BCUT2D eigenvalue weighted by atomic mass is 32.2. The summed E-state index contributed by atoms with van der Waals surface area (Å²) in [6, 6.07) is 6.74. The third-order valence-electron chi connectivity index (χ3n) is 4.37. The molecule has 3 N–H and O–H groups in total. The summed E-state index contributed by atoms with van der Waals surface area (Å²) < 4.78 is 5.57. The molecule has 0 amide bonds. The van der Waals surface area contributed by atoms with Crippen molar-refractivity contribution in [1.29, 1.82) is 0 Å². The molecule has 1 aromatic rings. The first kappa shape index (κ1) is 14.2. The SMILES string of the molecule is NNC(CSC1CCCCC1)c1ccc2c(c1)CCO2. The van der Waals surface area contributed by atoms with E-state index in [1.54, 1.807) is 0 Å². The van der Waals surface area contributed by atoms with Crippen molar-refractivity contribution in [2.45, 2.75) is 49.8 Å². The Balaban J connectivity index is 1.60. The van der Waals surface area contributed by atoms with Gasteiger partial charge in [0.15, 0.2) is 0 Å². The first-order chi connectivity index (χ1) is 9.86. The van der Waals surface area contributed by atoms with Gasteiger partial charge in [0, 0.05) is 17.4 Å². The Morgan fingerprint density at radius 3 is 2.95 bits per heavy atom. The van der Waals surface area contributed by atoms with Crippen molar-refractivity contribution in [1.82, 2.24) is 5.43 Å². The Kier molecular flexibility index (Phi) is 4.86. The van der Waals surface area contributed by atoms with Gasteiger partial charge in [0.05, 0.1) is 12.6 Å². The second kappa shape index (κ2) is 6.83. The van der Waals surface area contributed by atoms with E-state index in [-0.39, 0.29) is 6.04 Å². The molecule has 110 valence electrons. The molecule has 0 aromatic heterocycles. The number of ether oxygens (including phenoxy) is 1. The molecule has 0 radical (unpaired) electrons. The molecule has 20 heavy (non-hydrogen) atoms. The van der Waals surface area contributed by atoms with Crippen LogP contribution in [-0.2, 0) is 6.42 Å². The van der Waals surface area contributed by atoms with Gasteiger partial charge in [-0.1, -0.05) is 31.4 Å². The fourth-order valence-electron chi connectivity index (χ4n) is 3.13. The van der Waals surface area contributed by atoms with Crippen LogP contribution < -0.4 is 16.0 Å². The normalized spacial score (nSPS) is 20.4. The number of thioether (sulfide) groups is 1. The monoisotopic (exact) mass is 292 g/mol. The van der Waals surface area contributed by atoms with Crippen molar-refractivity contribution in [3.8, 4) is 5.75 Å². The summed E-state index contributed by atoms with van der Waals surface area (Å²) in [5.74, 6) is 7.87. The maximum absolute atomic E-state index is 5.77. The molecular formula is C16H24N2OS. The molecule has 1 atom stereocenters. The maximum atomic E-state index is 5.77. The lowest BCUT2D eigenvalue weighted by molar-refractivity contribution is 0.356. The quantitative estimate of drug-likeness (QED) is 0.646. The predicted molar refractivity (Wildman–Crippen MR) is 85.0 cm³/mol. The number of hydrazine groups is 1. The van der Waals surface area contributed by atoms with E-state index < -0.39 is 0 Å². The fourth-order valence-corrected chi connectivity index (χ4v) is 4.55. The predicted octanol–water partition coefficient (Wildman–Crippen LogP) is 3.19. The van der Waals surface area contributed by atoms with Crippen LogP contribution in [-0.4, -0.2) is 17.6 Å². The molecule has 0 spiro atoms. The van der Waals surface area contributed by atoms with E-state index in [9.17, 15) is 0 Å². The van der Waals surface area contributed by atoms with Gasteiger partial charge in [0.1, 0.15) is 5.75 Å². The van der Waals surface area contributed by atoms with E-state index >= 15 is 0 Å². The number of nitrogens with two attached hydrogens (primary N) is 1. The smallest absolute Gasteiger partial charge is 0.122 e. The van der Waals surface area contributed by atoms with E-state index in [2.05, 4.69) is 35.4 Å². The minimum atomic E-state index is 0.243. The molecular weight excluding hydrogens is 268 g/mol. The third kappa shape index (κ3) is 3.30. The zero-order valence-corrected chi connectivity index (χ0v) is 12.8. The molecule has 1 aromatic carbocycles. The summed E-state index contributed by atoms with van der Waals surface area (Å²) in [5.41, 5.74) is 5.60. The van der Waals surface area contributed by atoms with Crippen molar-refractivity contribution >= 4 is 11.8 Å². The Hall–Kier alpha value is -0.710. The van der Waals surface area contributed by atoms with Gasteiger partial charge in [-0.05, 0) is 30.0 Å². The van der Waals surface area contributed by atoms with Gasteiger partial charge in [-0.2, -0.15) is 11.8 Å². The zero-order chi connectivity index (χ0) is 13.8. The summed E-state index contributed by atoms with van der Waals surface area (Å²) in [7, 11) is 0. The van der Waals surface area contributed by atoms with Crippen LogP contribution in [0.5, 0.6) is 5.75 Å². The van der Waals surface area contributed by atoms with Crippen LogP contribution in [0.3, 0.4) is 0 Å². The van der Waals surface area contributed by atoms with Gasteiger partial charge in [-0.25, -0.2) is 0 Å². The third-order valence-corrected chi connectivity index (χ3v) is 5.84. The van der Waals surface area contributed by atoms with Crippen LogP contribution in [0.25, 0.3) is 0 Å². The molecule has 1 saturated carbocycles. The molecule has 1 fully saturated rings. The Bertz CT molecular complexity index is 446. The van der Waals surface area contributed by atoms with Crippen molar-refractivity contribution in [3.05, 3.63) is 29.3 Å². The lowest BCUT2D eigenvalue weighted by Gasteiger charge is -2.24. The van der Waals surface area contributed by atoms with Crippen molar-refractivity contribution in [2.24, 2.45) is 5.84 Å². The molecule has 3 nitrogen and oxygen atoms in total. The Labute approximate surface area is 125 Å². The Morgan fingerprint density at radius 1 is 1.30 bits per heavy atom. The van der Waals surface area contributed by atoms with Crippen LogP contribution in [0.1, 0.15) is 49.3 Å². The van der Waals surface area contributed by atoms with Crippen LogP contribution in [0, 0.1) is 0 Å². The van der Waals surface area contributed by atoms with E-state index in [1.807, 2.05) is 0 Å². The number of hydrogen-bond donors (Lipinski definition) is 2.